The maximum atomic E-state index is 13.0. The maximum absolute atomic E-state index is 13.0. The van der Waals surface area contributed by atoms with Gasteiger partial charge < -0.3 is 5.32 Å². The molecule has 94 valence electrons. The highest BCUT2D eigenvalue weighted by atomic mass is 35.5. The minimum Gasteiger partial charge on any atom is -0.322 e. The van der Waals surface area contributed by atoms with Gasteiger partial charge >= 0.3 is 11.3 Å². The van der Waals surface area contributed by atoms with Gasteiger partial charge in [-0.2, -0.15) is 13.2 Å². The van der Waals surface area contributed by atoms with Gasteiger partial charge in [0.25, 0.3) is 5.91 Å². The summed E-state index contributed by atoms with van der Waals surface area (Å²) in [5.74, 6) is -1.96. The summed E-state index contributed by atoms with van der Waals surface area (Å²) in [4.78, 5) is 11.0. The molecule has 1 atom stereocenters. The molecule has 0 bridgehead atoms. The largest absolute Gasteiger partial charge is 0.446 e. The van der Waals surface area contributed by atoms with Crippen LogP contribution in [0.5, 0.6) is 0 Å². The first-order chi connectivity index (χ1) is 7.64. The Balaban J connectivity index is 2.83. The van der Waals surface area contributed by atoms with Crippen LogP contribution in [-0.2, 0) is 4.79 Å². The van der Waals surface area contributed by atoms with E-state index in [2.05, 4.69) is 11.6 Å². The number of alkyl halides is 5. The maximum Gasteiger partial charge on any atom is 0.446 e. The van der Waals surface area contributed by atoms with E-state index in [0.29, 0.717) is 0 Å². The SMILES string of the molecule is Cc1ccc(NC(=O)[C@](F)(Cl)C(F)(F)F)cc1. The number of nitrogens with one attached hydrogen (secondary N) is 1. The van der Waals surface area contributed by atoms with Gasteiger partial charge in [0.15, 0.2) is 0 Å². The van der Waals surface area contributed by atoms with Crippen LogP contribution in [0.3, 0.4) is 0 Å². The van der Waals surface area contributed by atoms with Gasteiger partial charge in [-0.3, -0.25) is 4.79 Å². The zero-order valence-corrected chi connectivity index (χ0v) is 9.36. The molecule has 17 heavy (non-hydrogen) atoms. The summed E-state index contributed by atoms with van der Waals surface area (Å²) in [6.45, 7) is 1.75. The molecular formula is C10H8ClF4NO. The smallest absolute Gasteiger partial charge is 0.322 e. The van der Waals surface area contributed by atoms with E-state index in [1.54, 1.807) is 24.4 Å². The lowest BCUT2D eigenvalue weighted by Gasteiger charge is -2.20. The standard InChI is InChI=1S/C10H8ClF4NO/c1-6-2-4-7(5-3-6)16-8(17)9(11,12)10(13,14)15/h2-5H,1H3,(H,16,17)/t9-/m1/s1. The molecule has 0 aromatic heterocycles. The number of carbonyl (C=O) groups excluding carboxylic acids is 1. The molecule has 0 fully saturated rings. The van der Waals surface area contributed by atoms with E-state index in [0.717, 1.165) is 5.56 Å². The van der Waals surface area contributed by atoms with E-state index in [9.17, 15) is 22.4 Å². The summed E-state index contributed by atoms with van der Waals surface area (Å²) >= 11 is 4.54. The fourth-order valence-corrected chi connectivity index (χ4v) is 1.02. The van der Waals surface area contributed by atoms with Crippen molar-refractivity contribution in [3.05, 3.63) is 29.8 Å². The van der Waals surface area contributed by atoms with Crippen molar-refractivity contribution in [3.63, 3.8) is 0 Å². The molecule has 0 radical (unpaired) electrons. The monoisotopic (exact) mass is 269 g/mol. The van der Waals surface area contributed by atoms with Crippen molar-refractivity contribution in [2.75, 3.05) is 5.32 Å². The Bertz CT molecular complexity index is 413. The third-order valence-corrected chi connectivity index (χ3v) is 2.34. The minimum atomic E-state index is -5.47. The number of carbonyl (C=O) groups is 1. The number of aryl methyl sites for hydroxylation is 1. The highest BCUT2D eigenvalue weighted by Gasteiger charge is 2.61. The molecule has 1 N–H and O–H groups in total. The second-order valence-corrected chi connectivity index (χ2v) is 3.91. The molecule has 0 heterocycles. The van der Waals surface area contributed by atoms with Crippen LogP contribution in [0.4, 0.5) is 23.2 Å². The van der Waals surface area contributed by atoms with Crippen LogP contribution in [0.25, 0.3) is 0 Å². The van der Waals surface area contributed by atoms with E-state index in [1.807, 2.05) is 0 Å². The fraction of sp³-hybridized carbons (Fsp3) is 0.300. The second kappa shape index (κ2) is 4.52. The summed E-state index contributed by atoms with van der Waals surface area (Å²) in [6.07, 6.45) is -5.47. The molecule has 0 aliphatic rings. The third-order valence-electron chi connectivity index (χ3n) is 1.95. The fourth-order valence-electron chi connectivity index (χ4n) is 0.975. The zero-order valence-electron chi connectivity index (χ0n) is 8.61. The minimum absolute atomic E-state index is 0.0347. The van der Waals surface area contributed by atoms with Crippen molar-refractivity contribution < 1.29 is 22.4 Å². The number of amides is 1. The van der Waals surface area contributed by atoms with Crippen LogP contribution >= 0.6 is 11.6 Å². The summed E-state index contributed by atoms with van der Waals surface area (Å²) in [5.41, 5.74) is 0.878. The molecule has 0 aliphatic heterocycles. The average Bonchev–Trinajstić information content (AvgIpc) is 2.19. The van der Waals surface area contributed by atoms with Crippen molar-refractivity contribution >= 4 is 23.2 Å². The van der Waals surface area contributed by atoms with Crippen LogP contribution in [0.15, 0.2) is 24.3 Å². The van der Waals surface area contributed by atoms with Crippen molar-refractivity contribution in [1.29, 1.82) is 0 Å². The number of rotatable bonds is 2. The van der Waals surface area contributed by atoms with Crippen LogP contribution in [0, 0.1) is 6.92 Å². The second-order valence-electron chi connectivity index (χ2n) is 3.39. The Morgan fingerprint density at radius 1 is 1.18 bits per heavy atom. The molecule has 2 nitrogen and oxygen atoms in total. The molecule has 1 aromatic carbocycles. The lowest BCUT2D eigenvalue weighted by molar-refractivity contribution is -0.197. The lowest BCUT2D eigenvalue weighted by atomic mass is 10.2. The first-order valence-corrected chi connectivity index (χ1v) is 4.85. The van der Waals surface area contributed by atoms with Gasteiger partial charge in [-0.25, -0.2) is 4.39 Å². The predicted octanol–water partition coefficient (Wildman–Crippen LogP) is 3.40. The molecule has 0 spiro atoms. The Morgan fingerprint density at radius 3 is 2.06 bits per heavy atom. The van der Waals surface area contributed by atoms with Gasteiger partial charge in [0.05, 0.1) is 0 Å². The van der Waals surface area contributed by atoms with Gasteiger partial charge in [0, 0.05) is 5.69 Å². The summed E-state index contributed by atoms with van der Waals surface area (Å²) < 4.78 is 49.2. The van der Waals surface area contributed by atoms with Crippen LogP contribution in [0.1, 0.15) is 5.56 Å². The normalized spacial score (nSPS) is 15.2. The third kappa shape index (κ3) is 3.09. The van der Waals surface area contributed by atoms with Crippen LogP contribution in [-0.4, -0.2) is 17.2 Å². The molecule has 1 amide bonds. The molecule has 0 unspecified atom stereocenters. The van der Waals surface area contributed by atoms with E-state index in [1.165, 1.54) is 12.1 Å². The van der Waals surface area contributed by atoms with Gasteiger partial charge in [0.1, 0.15) is 0 Å². The highest BCUT2D eigenvalue weighted by Crippen LogP contribution is 2.38. The molecule has 0 saturated heterocycles. The van der Waals surface area contributed by atoms with Crippen molar-refractivity contribution in [2.24, 2.45) is 0 Å². The topological polar surface area (TPSA) is 29.1 Å². The predicted molar refractivity (Wildman–Crippen MR) is 55.6 cm³/mol. The first kappa shape index (κ1) is 13.8. The Kier molecular flexibility index (Phi) is 3.66. The van der Waals surface area contributed by atoms with Gasteiger partial charge in [-0.05, 0) is 19.1 Å². The van der Waals surface area contributed by atoms with Crippen molar-refractivity contribution in [1.82, 2.24) is 0 Å². The van der Waals surface area contributed by atoms with E-state index >= 15 is 0 Å². The van der Waals surface area contributed by atoms with E-state index in [-0.39, 0.29) is 5.69 Å². The van der Waals surface area contributed by atoms with Crippen molar-refractivity contribution in [3.8, 4) is 0 Å². The Labute approximate surface area is 99.6 Å². The number of hydrogen-bond donors (Lipinski definition) is 1. The molecule has 0 aliphatic carbocycles. The number of halogens is 5. The number of hydrogen-bond acceptors (Lipinski definition) is 1. The number of anilines is 1. The molecule has 1 aromatic rings. The summed E-state index contributed by atoms with van der Waals surface area (Å²) in [5, 5.41) is -2.68. The van der Waals surface area contributed by atoms with E-state index < -0.39 is 17.2 Å². The Hall–Kier alpha value is -1.30. The number of benzene rings is 1. The van der Waals surface area contributed by atoms with Gasteiger partial charge in [-0.15, -0.1) is 0 Å². The zero-order chi connectivity index (χ0) is 13.3. The quantitative estimate of drug-likeness (QED) is 0.647. The Morgan fingerprint density at radius 2 is 1.65 bits per heavy atom. The summed E-state index contributed by atoms with van der Waals surface area (Å²) in [6, 6.07) is 5.79. The molecular weight excluding hydrogens is 262 g/mol. The van der Waals surface area contributed by atoms with Crippen LogP contribution in [0.2, 0.25) is 0 Å². The van der Waals surface area contributed by atoms with Gasteiger partial charge in [0.2, 0.25) is 0 Å². The summed E-state index contributed by atoms with van der Waals surface area (Å²) in [7, 11) is 0. The molecule has 1 rings (SSSR count). The highest BCUT2D eigenvalue weighted by molar-refractivity contribution is 6.36. The van der Waals surface area contributed by atoms with Gasteiger partial charge in [-0.1, -0.05) is 29.3 Å². The average molecular weight is 270 g/mol. The first-order valence-electron chi connectivity index (χ1n) is 4.47. The molecule has 0 saturated carbocycles. The molecule has 7 heteroatoms. The van der Waals surface area contributed by atoms with E-state index in [4.69, 9.17) is 0 Å². The van der Waals surface area contributed by atoms with Crippen molar-refractivity contribution in [2.45, 2.75) is 18.2 Å². The lowest BCUT2D eigenvalue weighted by Crippen LogP contribution is -2.46. The van der Waals surface area contributed by atoms with Crippen LogP contribution < -0.4 is 5.32 Å².